The van der Waals surface area contributed by atoms with Gasteiger partial charge in [-0.2, -0.15) is 0 Å². The summed E-state index contributed by atoms with van der Waals surface area (Å²) in [6.07, 6.45) is 1.47. The van der Waals surface area contributed by atoms with Crippen LogP contribution in [0.5, 0.6) is 0 Å². The van der Waals surface area contributed by atoms with Gasteiger partial charge in [0.05, 0.1) is 11.2 Å². The molecule has 1 heterocycles. The van der Waals surface area contributed by atoms with Crippen molar-refractivity contribution in [3.8, 4) is 0 Å². The lowest BCUT2D eigenvalue weighted by atomic mass is 9.77. The van der Waals surface area contributed by atoms with E-state index in [0.717, 1.165) is 5.56 Å². The fourth-order valence-corrected chi connectivity index (χ4v) is 1.94. The minimum absolute atomic E-state index is 0.00472. The van der Waals surface area contributed by atoms with Crippen molar-refractivity contribution < 1.29 is 24.3 Å². The summed E-state index contributed by atoms with van der Waals surface area (Å²) >= 11 is 0. The highest BCUT2D eigenvalue weighted by Gasteiger charge is 2.39. The smallest absolute Gasteiger partial charge is 0.459 e. The molecule has 0 saturated carbocycles. The number of carbonyl (C=O) groups excluding carboxylic acids is 1. The molecule has 0 aromatic carbocycles. The molecular formula is C18H31BN2O5. The number of hydrogen-bond acceptors (Lipinski definition) is 7. The first-order chi connectivity index (χ1) is 11.6. The predicted molar refractivity (Wildman–Crippen MR) is 102 cm³/mol. The lowest BCUT2D eigenvalue weighted by molar-refractivity contribution is -0.152. The normalized spacial score (nSPS) is 12.7. The summed E-state index contributed by atoms with van der Waals surface area (Å²) in [5.41, 5.74) is -1.43. The molecule has 0 atom stereocenters. The summed E-state index contributed by atoms with van der Waals surface area (Å²) in [7, 11) is -1.23. The summed E-state index contributed by atoms with van der Waals surface area (Å²) in [5, 5.41) is 23.4. The Labute approximate surface area is 156 Å². The standard InChI is InChI=1S/C18H31BN2O5/c1-12-9-13(19(24)26-18(7,8)17(5,6)23)10-20-15(12)21-11-14(22)25-16(2,3)4/h9-10,23-24H,11H2,1-8H3,(H,20,21). The van der Waals surface area contributed by atoms with Gasteiger partial charge in [-0.05, 0) is 61.0 Å². The second-order valence-electron chi connectivity index (χ2n) is 8.41. The number of nitrogens with zero attached hydrogens (tertiary/aromatic N) is 1. The number of aromatic nitrogens is 1. The molecule has 0 aliphatic carbocycles. The Bertz CT molecular complexity index is 635. The molecule has 0 amide bonds. The Balaban J connectivity index is 2.76. The third-order valence-corrected chi connectivity index (χ3v) is 4.08. The Morgan fingerprint density at radius 3 is 2.27 bits per heavy atom. The van der Waals surface area contributed by atoms with Crippen molar-refractivity contribution in [2.24, 2.45) is 0 Å². The van der Waals surface area contributed by atoms with Gasteiger partial charge in [-0.1, -0.05) is 6.07 Å². The summed E-state index contributed by atoms with van der Waals surface area (Å²) < 4.78 is 10.8. The molecule has 1 aromatic heterocycles. The first-order valence-electron chi connectivity index (χ1n) is 8.63. The predicted octanol–water partition coefficient (Wildman–Crippen LogP) is 1.40. The van der Waals surface area contributed by atoms with Gasteiger partial charge in [0.2, 0.25) is 0 Å². The number of carbonyl (C=O) groups is 1. The fourth-order valence-electron chi connectivity index (χ4n) is 1.94. The van der Waals surface area contributed by atoms with E-state index in [1.54, 1.807) is 54.5 Å². The number of anilines is 1. The zero-order chi connectivity index (χ0) is 20.3. The van der Waals surface area contributed by atoms with E-state index in [1.165, 1.54) is 6.20 Å². The largest absolute Gasteiger partial charge is 0.493 e. The van der Waals surface area contributed by atoms with E-state index in [-0.39, 0.29) is 12.5 Å². The quantitative estimate of drug-likeness (QED) is 0.495. The molecule has 0 fully saturated rings. The van der Waals surface area contributed by atoms with Gasteiger partial charge in [0.1, 0.15) is 18.0 Å². The molecule has 0 saturated heterocycles. The van der Waals surface area contributed by atoms with Gasteiger partial charge in [-0.15, -0.1) is 0 Å². The molecule has 0 aliphatic rings. The molecule has 1 aromatic rings. The van der Waals surface area contributed by atoms with E-state index in [4.69, 9.17) is 9.39 Å². The van der Waals surface area contributed by atoms with Crippen LogP contribution in [0.25, 0.3) is 0 Å². The van der Waals surface area contributed by atoms with E-state index in [9.17, 15) is 14.9 Å². The number of aliphatic hydroxyl groups is 1. The first kappa shape index (κ1) is 22.4. The molecule has 3 N–H and O–H groups in total. The van der Waals surface area contributed by atoms with Crippen LogP contribution in [0.4, 0.5) is 5.82 Å². The third-order valence-electron chi connectivity index (χ3n) is 4.08. The van der Waals surface area contributed by atoms with Crippen LogP contribution in [0.15, 0.2) is 12.3 Å². The number of nitrogens with one attached hydrogen (secondary N) is 1. The van der Waals surface area contributed by atoms with E-state index in [2.05, 4.69) is 10.3 Å². The molecule has 0 radical (unpaired) electrons. The third kappa shape index (κ3) is 6.59. The molecule has 1 rings (SSSR count). The molecule has 0 bridgehead atoms. The molecule has 8 heteroatoms. The van der Waals surface area contributed by atoms with E-state index in [0.29, 0.717) is 11.3 Å². The number of esters is 1. The van der Waals surface area contributed by atoms with Crippen molar-refractivity contribution in [2.75, 3.05) is 11.9 Å². The topological polar surface area (TPSA) is 101 Å². The summed E-state index contributed by atoms with van der Waals surface area (Å²) in [4.78, 5) is 16.0. The molecule has 146 valence electrons. The monoisotopic (exact) mass is 366 g/mol. The Hall–Kier alpha value is -1.64. The molecule has 7 nitrogen and oxygen atoms in total. The van der Waals surface area contributed by atoms with Gasteiger partial charge >= 0.3 is 13.1 Å². The van der Waals surface area contributed by atoms with Crippen molar-refractivity contribution >= 4 is 24.4 Å². The van der Waals surface area contributed by atoms with Gasteiger partial charge in [0.15, 0.2) is 0 Å². The van der Waals surface area contributed by atoms with Crippen LogP contribution in [0, 0.1) is 6.92 Å². The van der Waals surface area contributed by atoms with E-state index < -0.39 is 23.9 Å². The van der Waals surface area contributed by atoms with E-state index in [1.807, 2.05) is 6.92 Å². The molecule has 0 unspecified atom stereocenters. The Kier molecular flexibility index (Phi) is 6.84. The van der Waals surface area contributed by atoms with Crippen molar-refractivity contribution in [1.82, 2.24) is 4.98 Å². The molecule has 26 heavy (non-hydrogen) atoms. The maximum Gasteiger partial charge on any atom is 0.493 e. The van der Waals surface area contributed by atoms with Crippen molar-refractivity contribution in [3.05, 3.63) is 17.8 Å². The van der Waals surface area contributed by atoms with Crippen LogP contribution in [-0.2, 0) is 14.2 Å². The molecular weight excluding hydrogens is 335 g/mol. The summed E-state index contributed by atoms with van der Waals surface area (Å²) in [5.74, 6) is 0.145. The van der Waals surface area contributed by atoms with Gasteiger partial charge < -0.3 is 24.8 Å². The maximum atomic E-state index is 11.8. The SMILES string of the molecule is Cc1cc(B(O)OC(C)(C)C(C)(C)O)cnc1NCC(=O)OC(C)(C)C. The molecule has 0 aliphatic heterocycles. The first-order valence-corrected chi connectivity index (χ1v) is 8.63. The van der Waals surface area contributed by atoms with Gasteiger partial charge in [0.25, 0.3) is 0 Å². The number of aryl methyl sites for hydroxylation is 1. The lowest BCUT2D eigenvalue weighted by Gasteiger charge is -2.38. The maximum absolute atomic E-state index is 11.8. The van der Waals surface area contributed by atoms with Crippen LogP contribution in [0.1, 0.15) is 54.0 Å². The Morgan fingerprint density at radius 1 is 1.23 bits per heavy atom. The van der Waals surface area contributed by atoms with Crippen LogP contribution in [0.2, 0.25) is 0 Å². The number of pyridine rings is 1. The minimum atomic E-state index is -1.23. The molecule has 0 spiro atoms. The highest BCUT2D eigenvalue weighted by molar-refractivity contribution is 6.60. The highest BCUT2D eigenvalue weighted by atomic mass is 16.6. The second kappa shape index (κ2) is 7.94. The Morgan fingerprint density at radius 2 is 1.81 bits per heavy atom. The van der Waals surface area contributed by atoms with Gasteiger partial charge in [-0.25, -0.2) is 4.98 Å². The van der Waals surface area contributed by atoms with Gasteiger partial charge in [-0.3, -0.25) is 4.79 Å². The van der Waals surface area contributed by atoms with Gasteiger partial charge in [0, 0.05) is 11.7 Å². The average Bonchev–Trinajstić information content (AvgIpc) is 2.42. The second-order valence-corrected chi connectivity index (χ2v) is 8.41. The summed E-state index contributed by atoms with van der Waals surface area (Å²) in [6.45, 7) is 13.9. The van der Waals surface area contributed by atoms with Crippen LogP contribution >= 0.6 is 0 Å². The van der Waals surface area contributed by atoms with Crippen LogP contribution in [-0.4, -0.2) is 51.6 Å². The van der Waals surface area contributed by atoms with Crippen molar-refractivity contribution in [3.63, 3.8) is 0 Å². The number of hydrogen-bond donors (Lipinski definition) is 3. The van der Waals surface area contributed by atoms with E-state index >= 15 is 0 Å². The zero-order valence-corrected chi connectivity index (χ0v) is 17.0. The zero-order valence-electron chi connectivity index (χ0n) is 17.0. The highest BCUT2D eigenvalue weighted by Crippen LogP contribution is 2.25. The lowest BCUT2D eigenvalue weighted by Crippen LogP contribution is -2.53. The summed E-state index contributed by atoms with van der Waals surface area (Å²) in [6, 6.07) is 1.72. The van der Waals surface area contributed by atoms with Crippen molar-refractivity contribution in [2.45, 2.75) is 72.2 Å². The number of ether oxygens (including phenoxy) is 1. The fraction of sp³-hybridized carbons (Fsp3) is 0.667. The van der Waals surface area contributed by atoms with Crippen molar-refractivity contribution in [1.29, 1.82) is 0 Å². The van der Waals surface area contributed by atoms with Crippen LogP contribution in [0.3, 0.4) is 0 Å². The average molecular weight is 366 g/mol. The number of rotatable bonds is 7. The van der Waals surface area contributed by atoms with Crippen LogP contribution < -0.4 is 10.8 Å². The minimum Gasteiger partial charge on any atom is -0.459 e.